The molecule has 0 saturated heterocycles. The van der Waals surface area contributed by atoms with Crippen LogP contribution in [0.4, 0.5) is 23.8 Å². The molecule has 1 aliphatic rings. The summed E-state index contributed by atoms with van der Waals surface area (Å²) in [6.45, 7) is 10.2. The van der Waals surface area contributed by atoms with E-state index in [2.05, 4.69) is 20.3 Å². The van der Waals surface area contributed by atoms with Crippen LogP contribution < -0.4 is 5.32 Å². The summed E-state index contributed by atoms with van der Waals surface area (Å²) in [4.78, 5) is 26.7. The number of carbonyl (C=O) groups is 1. The third-order valence-corrected chi connectivity index (χ3v) is 6.10. The van der Waals surface area contributed by atoms with Gasteiger partial charge in [0.25, 0.3) is 0 Å². The lowest BCUT2D eigenvalue weighted by molar-refractivity contribution is -0.140. The van der Waals surface area contributed by atoms with Crippen LogP contribution in [-0.4, -0.2) is 42.7 Å². The monoisotopic (exact) mass is 550 g/mol. The largest absolute Gasteiger partial charge is 0.444 e. The smallest absolute Gasteiger partial charge is 0.434 e. The van der Waals surface area contributed by atoms with Crippen LogP contribution in [0, 0.1) is 0 Å². The van der Waals surface area contributed by atoms with Gasteiger partial charge in [0.15, 0.2) is 5.69 Å². The molecule has 0 spiro atoms. The quantitative estimate of drug-likeness (QED) is 0.365. The fourth-order valence-electron chi connectivity index (χ4n) is 4.11. The molecule has 3 heterocycles. The molecule has 3 aromatic rings. The number of anilines is 1. The first-order valence-corrected chi connectivity index (χ1v) is 12.6. The number of ether oxygens (including phenoxy) is 1. The normalized spacial score (nSPS) is 14.0. The Bertz CT molecular complexity index is 1320. The molecule has 8 nitrogen and oxygen atoms in total. The molecule has 4 rings (SSSR count). The van der Waals surface area contributed by atoms with Gasteiger partial charge >= 0.3 is 12.3 Å². The minimum Gasteiger partial charge on any atom is -0.444 e. The zero-order valence-electron chi connectivity index (χ0n) is 21.9. The number of nitrogens with zero attached hydrogens (tertiary/aromatic N) is 5. The van der Waals surface area contributed by atoms with Crippen LogP contribution >= 0.6 is 11.6 Å². The van der Waals surface area contributed by atoms with E-state index in [0.29, 0.717) is 30.9 Å². The lowest BCUT2D eigenvalue weighted by Gasteiger charge is -2.31. The summed E-state index contributed by atoms with van der Waals surface area (Å²) in [6, 6.07) is 6.92. The number of carbonyl (C=O) groups excluding carboxylic acids is 1. The van der Waals surface area contributed by atoms with E-state index in [1.165, 1.54) is 4.57 Å². The highest BCUT2D eigenvalue weighted by Gasteiger charge is 2.35. The summed E-state index contributed by atoms with van der Waals surface area (Å²) < 4.78 is 46.8. The Hall–Kier alpha value is -3.34. The topological polar surface area (TPSA) is 85.2 Å². The third-order valence-electron chi connectivity index (χ3n) is 5.94. The first kappa shape index (κ1) is 27.7. The summed E-state index contributed by atoms with van der Waals surface area (Å²) in [6.07, 6.45) is -3.37. The number of nitrogens with one attached hydrogen (secondary N) is 1. The van der Waals surface area contributed by atoms with Crippen molar-refractivity contribution in [2.45, 2.75) is 71.9 Å². The molecule has 0 unspecified atom stereocenters. The summed E-state index contributed by atoms with van der Waals surface area (Å²) in [5, 5.41) is 3.37. The zero-order valence-corrected chi connectivity index (χ0v) is 22.6. The minimum absolute atomic E-state index is 0.105. The average Bonchev–Trinajstić information content (AvgIpc) is 3.28. The summed E-state index contributed by atoms with van der Waals surface area (Å²) in [5.74, 6) is 0.772. The lowest BCUT2D eigenvalue weighted by Crippen LogP contribution is -2.40. The van der Waals surface area contributed by atoms with Gasteiger partial charge in [-0.05, 0) is 51.8 Å². The second kappa shape index (κ2) is 10.4. The number of benzene rings is 1. The Morgan fingerprint density at radius 3 is 2.42 bits per heavy atom. The molecule has 1 aliphatic heterocycles. The highest BCUT2D eigenvalue weighted by atomic mass is 35.5. The van der Waals surface area contributed by atoms with Gasteiger partial charge in [-0.2, -0.15) is 13.2 Å². The number of hydrogen-bond acceptors (Lipinski definition) is 6. The SMILES string of the molecule is CC(C)n1cc(C(F)(F)F)nc1-c1ccc(CNc2nc(Cl)nc3c2CN(C(=O)OC(C)(C)C)CC3)cc1. The average molecular weight is 551 g/mol. The molecule has 2 aromatic heterocycles. The second-order valence-corrected chi connectivity index (χ2v) is 10.8. The van der Waals surface area contributed by atoms with Crippen molar-refractivity contribution in [1.29, 1.82) is 0 Å². The van der Waals surface area contributed by atoms with Crippen LogP contribution in [0.3, 0.4) is 0 Å². The van der Waals surface area contributed by atoms with E-state index >= 15 is 0 Å². The van der Waals surface area contributed by atoms with Gasteiger partial charge in [0, 0.05) is 42.9 Å². The lowest BCUT2D eigenvalue weighted by atomic mass is 10.1. The van der Waals surface area contributed by atoms with Gasteiger partial charge in [-0.25, -0.2) is 19.7 Å². The van der Waals surface area contributed by atoms with Gasteiger partial charge in [-0.3, -0.25) is 0 Å². The van der Waals surface area contributed by atoms with Crippen molar-refractivity contribution in [3.63, 3.8) is 0 Å². The highest BCUT2D eigenvalue weighted by Crippen LogP contribution is 2.33. The van der Waals surface area contributed by atoms with E-state index in [0.717, 1.165) is 23.0 Å². The fraction of sp³-hybridized carbons (Fsp3) is 0.462. The molecule has 0 bridgehead atoms. The molecule has 38 heavy (non-hydrogen) atoms. The molecule has 0 aliphatic carbocycles. The predicted molar refractivity (Wildman–Crippen MR) is 138 cm³/mol. The third kappa shape index (κ3) is 6.38. The second-order valence-electron chi connectivity index (χ2n) is 10.4. The Morgan fingerprint density at radius 2 is 1.82 bits per heavy atom. The minimum atomic E-state index is -4.52. The molecule has 204 valence electrons. The molecule has 0 saturated carbocycles. The van der Waals surface area contributed by atoms with Crippen molar-refractivity contribution in [3.05, 3.63) is 58.3 Å². The van der Waals surface area contributed by atoms with E-state index in [9.17, 15) is 18.0 Å². The molecule has 0 fully saturated rings. The van der Waals surface area contributed by atoms with E-state index in [-0.39, 0.29) is 23.7 Å². The predicted octanol–water partition coefficient (Wildman–Crippen LogP) is 6.50. The molecule has 1 aromatic carbocycles. The molecular weight excluding hydrogens is 521 g/mol. The van der Waals surface area contributed by atoms with Gasteiger partial charge in [-0.15, -0.1) is 0 Å². The maximum absolute atomic E-state index is 13.2. The first-order valence-electron chi connectivity index (χ1n) is 12.2. The van der Waals surface area contributed by atoms with Crippen LogP contribution in [0.15, 0.2) is 30.5 Å². The highest BCUT2D eigenvalue weighted by molar-refractivity contribution is 6.28. The van der Waals surface area contributed by atoms with Crippen LogP contribution in [0.2, 0.25) is 5.28 Å². The maximum atomic E-state index is 13.2. The summed E-state index contributed by atoms with van der Waals surface area (Å²) in [7, 11) is 0. The zero-order chi connectivity index (χ0) is 27.8. The number of rotatable bonds is 5. The van der Waals surface area contributed by atoms with Crippen molar-refractivity contribution in [1.82, 2.24) is 24.4 Å². The maximum Gasteiger partial charge on any atom is 0.434 e. The van der Waals surface area contributed by atoms with E-state index in [1.807, 2.05) is 32.9 Å². The van der Waals surface area contributed by atoms with Gasteiger partial charge in [-0.1, -0.05) is 24.3 Å². The number of fused-ring (bicyclic) bond motifs is 1. The summed E-state index contributed by atoms with van der Waals surface area (Å²) >= 11 is 6.16. The Kier molecular flexibility index (Phi) is 7.60. The molecular formula is C26H30ClF3N6O2. The van der Waals surface area contributed by atoms with Crippen molar-refractivity contribution in [3.8, 4) is 11.4 Å². The van der Waals surface area contributed by atoms with Crippen molar-refractivity contribution >= 4 is 23.5 Å². The number of aromatic nitrogens is 4. The molecule has 0 radical (unpaired) electrons. The Labute approximate surface area is 224 Å². The van der Waals surface area contributed by atoms with Crippen LogP contribution in [0.25, 0.3) is 11.4 Å². The van der Waals surface area contributed by atoms with E-state index < -0.39 is 23.6 Å². The number of alkyl halides is 3. The number of hydrogen-bond donors (Lipinski definition) is 1. The van der Waals surface area contributed by atoms with Crippen molar-refractivity contribution < 1.29 is 22.7 Å². The Balaban J connectivity index is 1.51. The van der Waals surface area contributed by atoms with Gasteiger partial charge in [0.05, 0.1) is 12.2 Å². The van der Waals surface area contributed by atoms with Crippen LogP contribution in [0.5, 0.6) is 0 Å². The summed E-state index contributed by atoms with van der Waals surface area (Å²) in [5.41, 5.74) is 1.45. The van der Waals surface area contributed by atoms with E-state index in [4.69, 9.17) is 16.3 Å². The van der Waals surface area contributed by atoms with Gasteiger partial charge < -0.3 is 19.5 Å². The van der Waals surface area contributed by atoms with E-state index in [1.54, 1.807) is 30.9 Å². The fourth-order valence-corrected chi connectivity index (χ4v) is 4.29. The van der Waals surface area contributed by atoms with Gasteiger partial charge in [0.1, 0.15) is 17.2 Å². The molecule has 1 N–H and O–H groups in total. The number of imidazole rings is 1. The first-order chi connectivity index (χ1) is 17.7. The molecule has 12 heteroatoms. The number of halogens is 4. The molecule has 1 amide bonds. The standard InChI is InChI=1S/C26H30ClF3N6O2/c1-15(2)36-14-20(26(28,29)30)33-22(36)17-8-6-16(7-9-17)12-31-21-18-13-35(24(37)38-25(3,4)5)11-10-19(18)32-23(27)34-21/h6-9,14-15H,10-13H2,1-5H3,(H,31,32,34). The Morgan fingerprint density at radius 1 is 1.13 bits per heavy atom. The number of amides is 1. The van der Waals surface area contributed by atoms with Crippen LogP contribution in [-0.2, 0) is 30.4 Å². The van der Waals surface area contributed by atoms with Crippen molar-refractivity contribution in [2.75, 3.05) is 11.9 Å². The van der Waals surface area contributed by atoms with Crippen molar-refractivity contribution in [2.24, 2.45) is 0 Å². The van der Waals surface area contributed by atoms with Gasteiger partial charge in [0.2, 0.25) is 5.28 Å². The molecule has 0 atom stereocenters. The van der Waals surface area contributed by atoms with Crippen LogP contribution in [0.1, 0.15) is 63.2 Å².